The normalized spacial score (nSPS) is 21.9. The molecule has 4 heteroatoms. The van der Waals surface area contributed by atoms with Gasteiger partial charge in [-0.1, -0.05) is 0 Å². The summed E-state index contributed by atoms with van der Waals surface area (Å²) in [5.74, 6) is -0.382. The highest BCUT2D eigenvalue weighted by molar-refractivity contribution is 5.73. The Hall–Kier alpha value is -0.610. The topological polar surface area (TPSA) is 66.6 Å². The van der Waals surface area contributed by atoms with Gasteiger partial charge in [0.15, 0.2) is 0 Å². The molecule has 1 unspecified atom stereocenters. The zero-order valence-corrected chi connectivity index (χ0v) is 9.65. The van der Waals surface area contributed by atoms with Crippen LogP contribution in [0.3, 0.4) is 0 Å². The van der Waals surface area contributed by atoms with E-state index in [0.717, 1.165) is 25.9 Å². The summed E-state index contributed by atoms with van der Waals surface area (Å²) in [6.45, 7) is 6.55. The lowest BCUT2D eigenvalue weighted by atomic mass is 9.90. The number of carboxylic acids is 1. The Labute approximate surface area is 91.4 Å². The number of hydrogen-bond donors (Lipinski definition) is 2. The number of nitrogens with zero attached hydrogens (tertiary/aromatic N) is 1. The predicted octanol–water partition coefficient (Wildman–Crippen LogP) is 0.909. The van der Waals surface area contributed by atoms with Gasteiger partial charge in [0.2, 0.25) is 0 Å². The van der Waals surface area contributed by atoms with Crippen LogP contribution in [0, 0.1) is 5.92 Å². The number of nitrogens with two attached hydrogens (primary N) is 1. The minimum atomic E-state index is -0.874. The average molecular weight is 214 g/mol. The number of rotatable bonds is 4. The Bertz CT molecular complexity index is 211. The number of carboxylic acid groups (broad SMARTS) is 1. The van der Waals surface area contributed by atoms with Gasteiger partial charge in [-0.25, -0.2) is 0 Å². The van der Waals surface area contributed by atoms with Crippen LogP contribution in [0.15, 0.2) is 0 Å². The maximum Gasteiger partial charge on any atom is 0.320 e. The largest absolute Gasteiger partial charge is 0.480 e. The fourth-order valence-electron chi connectivity index (χ4n) is 2.16. The van der Waals surface area contributed by atoms with E-state index in [1.54, 1.807) is 0 Å². The maximum absolute atomic E-state index is 10.6. The van der Waals surface area contributed by atoms with Crippen LogP contribution in [0.25, 0.3) is 0 Å². The zero-order valence-electron chi connectivity index (χ0n) is 9.65. The van der Waals surface area contributed by atoms with Crippen LogP contribution in [-0.4, -0.2) is 41.1 Å². The summed E-state index contributed by atoms with van der Waals surface area (Å²) in [6.07, 6.45) is 2.79. The first-order valence-corrected chi connectivity index (χ1v) is 5.73. The first-order valence-electron chi connectivity index (χ1n) is 5.73. The number of hydrogen-bond acceptors (Lipinski definition) is 3. The monoisotopic (exact) mass is 214 g/mol. The Kier molecular flexibility index (Phi) is 4.54. The van der Waals surface area contributed by atoms with E-state index in [9.17, 15) is 4.79 Å². The minimum Gasteiger partial charge on any atom is -0.480 e. The van der Waals surface area contributed by atoms with Gasteiger partial charge in [-0.15, -0.1) is 0 Å². The molecule has 1 heterocycles. The molecule has 1 aliphatic heterocycles. The number of aliphatic carboxylic acids is 1. The summed E-state index contributed by atoms with van der Waals surface area (Å²) in [6, 6.07) is -0.0836. The van der Waals surface area contributed by atoms with E-state index in [4.69, 9.17) is 10.8 Å². The molecule has 1 fully saturated rings. The summed E-state index contributed by atoms with van der Waals surface area (Å²) >= 11 is 0. The van der Waals surface area contributed by atoms with Crippen LogP contribution < -0.4 is 5.73 Å². The van der Waals surface area contributed by atoms with Crippen molar-refractivity contribution in [2.75, 3.05) is 13.1 Å². The highest BCUT2D eigenvalue weighted by Gasteiger charge is 2.24. The van der Waals surface area contributed by atoms with Gasteiger partial charge in [-0.2, -0.15) is 0 Å². The van der Waals surface area contributed by atoms with Gasteiger partial charge in [0.25, 0.3) is 0 Å². The van der Waals surface area contributed by atoms with Crippen molar-refractivity contribution in [2.24, 2.45) is 11.7 Å². The van der Waals surface area contributed by atoms with E-state index in [2.05, 4.69) is 18.7 Å². The third kappa shape index (κ3) is 3.80. The molecule has 1 atom stereocenters. The number of piperidine rings is 1. The predicted molar refractivity (Wildman–Crippen MR) is 59.7 cm³/mol. The second-order valence-corrected chi connectivity index (χ2v) is 4.75. The molecular weight excluding hydrogens is 192 g/mol. The fourth-order valence-corrected chi connectivity index (χ4v) is 2.16. The van der Waals surface area contributed by atoms with Crippen molar-refractivity contribution in [3.8, 4) is 0 Å². The minimum absolute atomic E-state index is 0.492. The quantitative estimate of drug-likeness (QED) is 0.730. The van der Waals surface area contributed by atoms with Crippen LogP contribution in [0.1, 0.15) is 33.1 Å². The van der Waals surface area contributed by atoms with Crippen LogP contribution in [-0.2, 0) is 4.79 Å². The first-order chi connectivity index (χ1) is 7.00. The van der Waals surface area contributed by atoms with Crippen molar-refractivity contribution in [2.45, 2.75) is 45.2 Å². The SMILES string of the molecule is CC(C)N1CCC(CC(N)C(=O)O)CC1. The molecule has 1 aliphatic rings. The summed E-state index contributed by atoms with van der Waals surface area (Å²) in [5.41, 5.74) is 5.53. The van der Waals surface area contributed by atoms with Crippen molar-refractivity contribution in [1.82, 2.24) is 4.90 Å². The van der Waals surface area contributed by atoms with Crippen molar-refractivity contribution in [3.05, 3.63) is 0 Å². The number of carbonyl (C=O) groups is 1. The van der Waals surface area contributed by atoms with Gasteiger partial charge in [0.05, 0.1) is 0 Å². The molecule has 0 amide bonds. The molecule has 0 bridgehead atoms. The third-order valence-electron chi connectivity index (χ3n) is 3.28. The van der Waals surface area contributed by atoms with E-state index in [0.29, 0.717) is 18.4 Å². The molecule has 0 aromatic heterocycles. The lowest BCUT2D eigenvalue weighted by molar-refractivity contribution is -0.139. The van der Waals surface area contributed by atoms with Gasteiger partial charge < -0.3 is 15.7 Å². The van der Waals surface area contributed by atoms with Gasteiger partial charge >= 0.3 is 5.97 Å². The molecule has 0 aromatic carbocycles. The molecule has 0 aromatic rings. The lowest BCUT2D eigenvalue weighted by Gasteiger charge is -2.35. The van der Waals surface area contributed by atoms with Crippen molar-refractivity contribution in [3.63, 3.8) is 0 Å². The molecule has 1 rings (SSSR count). The van der Waals surface area contributed by atoms with Crippen molar-refractivity contribution < 1.29 is 9.90 Å². The molecule has 3 N–H and O–H groups in total. The molecule has 0 radical (unpaired) electrons. The highest BCUT2D eigenvalue weighted by atomic mass is 16.4. The first kappa shape index (κ1) is 12.5. The molecular formula is C11H22N2O2. The van der Waals surface area contributed by atoms with Gasteiger partial charge in [-0.05, 0) is 52.1 Å². The molecule has 88 valence electrons. The lowest BCUT2D eigenvalue weighted by Crippen LogP contribution is -2.41. The smallest absolute Gasteiger partial charge is 0.320 e. The van der Waals surface area contributed by atoms with Gasteiger partial charge in [0.1, 0.15) is 6.04 Å². The van der Waals surface area contributed by atoms with Crippen LogP contribution >= 0.6 is 0 Å². The second kappa shape index (κ2) is 5.47. The Morgan fingerprint density at radius 1 is 1.47 bits per heavy atom. The molecule has 0 saturated carbocycles. The third-order valence-corrected chi connectivity index (χ3v) is 3.28. The summed E-state index contributed by atoms with van der Waals surface area (Å²) in [5, 5.41) is 8.72. The molecule has 1 saturated heterocycles. The van der Waals surface area contributed by atoms with Gasteiger partial charge in [-0.3, -0.25) is 4.79 Å². The van der Waals surface area contributed by atoms with E-state index in [1.165, 1.54) is 0 Å². The average Bonchev–Trinajstić information content (AvgIpc) is 2.18. The maximum atomic E-state index is 10.6. The Balaban J connectivity index is 2.28. The number of likely N-dealkylation sites (tertiary alicyclic amines) is 1. The Morgan fingerprint density at radius 3 is 2.40 bits per heavy atom. The molecule has 0 spiro atoms. The molecule has 4 nitrogen and oxygen atoms in total. The second-order valence-electron chi connectivity index (χ2n) is 4.75. The van der Waals surface area contributed by atoms with Crippen LogP contribution in [0.4, 0.5) is 0 Å². The summed E-state index contributed by atoms with van der Waals surface area (Å²) in [7, 11) is 0. The molecule has 0 aliphatic carbocycles. The van der Waals surface area contributed by atoms with Crippen molar-refractivity contribution >= 4 is 5.97 Å². The van der Waals surface area contributed by atoms with E-state index in [-0.39, 0.29) is 0 Å². The Morgan fingerprint density at radius 2 is 2.00 bits per heavy atom. The van der Waals surface area contributed by atoms with Gasteiger partial charge in [0, 0.05) is 6.04 Å². The summed E-state index contributed by atoms with van der Waals surface area (Å²) < 4.78 is 0. The standard InChI is InChI=1S/C11H22N2O2/c1-8(2)13-5-3-9(4-6-13)7-10(12)11(14)15/h8-10H,3-7,12H2,1-2H3,(H,14,15). The summed E-state index contributed by atoms with van der Waals surface area (Å²) in [4.78, 5) is 13.0. The van der Waals surface area contributed by atoms with E-state index >= 15 is 0 Å². The zero-order chi connectivity index (χ0) is 11.4. The molecule has 15 heavy (non-hydrogen) atoms. The fraction of sp³-hybridized carbons (Fsp3) is 0.909. The van der Waals surface area contributed by atoms with Crippen molar-refractivity contribution in [1.29, 1.82) is 0 Å². The van der Waals surface area contributed by atoms with Crippen LogP contribution in [0.5, 0.6) is 0 Å². The van der Waals surface area contributed by atoms with Crippen LogP contribution in [0.2, 0.25) is 0 Å². The van der Waals surface area contributed by atoms with E-state index in [1.807, 2.05) is 0 Å². The highest BCUT2D eigenvalue weighted by Crippen LogP contribution is 2.22. The van der Waals surface area contributed by atoms with E-state index < -0.39 is 12.0 Å².